The number of aliphatic hydroxyl groups is 1. The molecule has 3 heterocycles. The van der Waals surface area contributed by atoms with Gasteiger partial charge in [-0.15, -0.1) is 0 Å². The third-order valence-electron chi connectivity index (χ3n) is 5.87. The largest absolute Gasteiger partial charge is 0.392 e. The Labute approximate surface area is 156 Å². The van der Waals surface area contributed by atoms with Crippen LogP contribution in [-0.4, -0.2) is 35.2 Å². The van der Waals surface area contributed by atoms with Gasteiger partial charge in [-0.05, 0) is 29.3 Å². The highest BCUT2D eigenvalue weighted by atomic mass is 16.5. The highest BCUT2D eigenvalue weighted by molar-refractivity contribution is 6.23. The molecule has 2 fully saturated rings. The minimum absolute atomic E-state index is 0.169. The van der Waals surface area contributed by atoms with Crippen molar-refractivity contribution in [2.24, 2.45) is 11.8 Å². The summed E-state index contributed by atoms with van der Waals surface area (Å²) in [6.07, 6.45) is 1.84. The van der Waals surface area contributed by atoms with Gasteiger partial charge >= 0.3 is 0 Å². The zero-order valence-electron chi connectivity index (χ0n) is 14.6. The van der Waals surface area contributed by atoms with Crippen LogP contribution in [0.1, 0.15) is 5.56 Å². The highest BCUT2D eigenvalue weighted by Gasteiger charge is 2.69. The first-order chi connectivity index (χ1) is 13.1. The average molecular weight is 361 g/mol. The van der Waals surface area contributed by atoms with E-state index in [0.29, 0.717) is 17.7 Å². The van der Waals surface area contributed by atoms with Crippen molar-refractivity contribution in [3.63, 3.8) is 0 Å². The van der Waals surface area contributed by atoms with Crippen LogP contribution in [0.5, 0.6) is 0 Å². The molecule has 2 aromatic carbocycles. The molecular weight excluding hydrogens is 342 g/mol. The summed E-state index contributed by atoms with van der Waals surface area (Å²) in [5, 5.41) is 9.77. The van der Waals surface area contributed by atoms with E-state index in [1.807, 2.05) is 54.6 Å². The number of anilines is 1. The van der Waals surface area contributed by atoms with Crippen LogP contribution < -0.4 is 4.90 Å². The van der Waals surface area contributed by atoms with Gasteiger partial charge in [-0.25, -0.2) is 4.90 Å². The van der Waals surface area contributed by atoms with Crippen LogP contribution >= 0.6 is 0 Å². The zero-order valence-corrected chi connectivity index (χ0v) is 14.6. The molecule has 0 unspecified atom stereocenters. The lowest BCUT2D eigenvalue weighted by atomic mass is 9.72. The third kappa shape index (κ3) is 2.25. The van der Waals surface area contributed by atoms with E-state index in [0.717, 1.165) is 5.56 Å². The number of imide groups is 1. The smallest absolute Gasteiger partial charge is 0.241 e. The second-order valence-electron chi connectivity index (χ2n) is 7.38. The van der Waals surface area contributed by atoms with Gasteiger partial charge in [0.1, 0.15) is 5.60 Å². The van der Waals surface area contributed by atoms with E-state index in [4.69, 9.17) is 4.74 Å². The van der Waals surface area contributed by atoms with Gasteiger partial charge in [-0.2, -0.15) is 0 Å². The molecule has 27 heavy (non-hydrogen) atoms. The average Bonchev–Trinajstić information content (AvgIpc) is 3.30. The normalized spacial score (nSPS) is 31.4. The number of hydrogen-bond donors (Lipinski definition) is 1. The molecule has 136 valence electrons. The summed E-state index contributed by atoms with van der Waals surface area (Å²) in [6, 6.07) is 18.8. The number of fused-ring (bicyclic) bond motifs is 5. The minimum atomic E-state index is -0.884. The Bertz CT molecular complexity index is 939. The number of benzene rings is 2. The molecule has 3 aliphatic rings. The van der Waals surface area contributed by atoms with Gasteiger partial charge in [-0.1, -0.05) is 48.5 Å². The van der Waals surface area contributed by atoms with E-state index in [1.165, 1.54) is 4.90 Å². The SMILES string of the molecule is O=C1[C@@H]2[C@@H](C(=O)N1c1ccccc1)[C@]1(Cc3ccccc3)C=C(CO)[C@@H]2O1. The maximum absolute atomic E-state index is 13.3. The number of nitrogens with zero attached hydrogens (tertiary/aromatic N) is 1. The van der Waals surface area contributed by atoms with E-state index < -0.39 is 23.5 Å². The lowest BCUT2D eigenvalue weighted by Crippen LogP contribution is -2.42. The van der Waals surface area contributed by atoms with Gasteiger partial charge in [0.2, 0.25) is 11.8 Å². The summed E-state index contributed by atoms with van der Waals surface area (Å²) in [6.45, 7) is -0.169. The monoisotopic (exact) mass is 361 g/mol. The van der Waals surface area contributed by atoms with Gasteiger partial charge in [0.15, 0.2) is 0 Å². The second kappa shape index (κ2) is 5.87. The lowest BCUT2D eigenvalue weighted by molar-refractivity contribution is -0.126. The molecule has 2 amide bonds. The number of para-hydroxylation sites is 1. The van der Waals surface area contributed by atoms with E-state index in [9.17, 15) is 14.7 Å². The van der Waals surface area contributed by atoms with Gasteiger partial charge in [0.05, 0.1) is 30.2 Å². The van der Waals surface area contributed by atoms with Crippen molar-refractivity contribution in [3.8, 4) is 0 Å². The van der Waals surface area contributed by atoms with Crippen LogP contribution in [0, 0.1) is 11.8 Å². The number of aliphatic hydroxyl groups excluding tert-OH is 1. The lowest BCUT2D eigenvalue weighted by Gasteiger charge is -2.29. The fourth-order valence-electron chi connectivity index (χ4n) is 4.80. The fourth-order valence-corrected chi connectivity index (χ4v) is 4.80. The van der Waals surface area contributed by atoms with Crippen LogP contribution in [-0.2, 0) is 20.7 Å². The van der Waals surface area contributed by atoms with Crippen LogP contribution in [0.25, 0.3) is 0 Å². The molecule has 0 aromatic heterocycles. The van der Waals surface area contributed by atoms with Gasteiger partial charge in [-0.3, -0.25) is 9.59 Å². The van der Waals surface area contributed by atoms with Crippen molar-refractivity contribution < 1.29 is 19.4 Å². The molecule has 5 rings (SSSR count). The molecule has 5 heteroatoms. The Morgan fingerprint density at radius 2 is 1.63 bits per heavy atom. The Hall–Kier alpha value is -2.76. The van der Waals surface area contributed by atoms with E-state index in [2.05, 4.69) is 0 Å². The quantitative estimate of drug-likeness (QED) is 0.669. The molecule has 1 N–H and O–H groups in total. The highest BCUT2D eigenvalue weighted by Crippen LogP contribution is 2.55. The van der Waals surface area contributed by atoms with Crippen LogP contribution in [0.4, 0.5) is 5.69 Å². The van der Waals surface area contributed by atoms with Crippen molar-refractivity contribution in [2.45, 2.75) is 18.1 Å². The van der Waals surface area contributed by atoms with E-state index >= 15 is 0 Å². The standard InChI is InChI=1S/C22H19NO4/c24-13-15-12-22(11-14-7-3-1-4-8-14)18-17(19(15)27-22)20(25)23(21(18)26)16-9-5-2-6-10-16/h1-10,12,17-19,24H,11,13H2/t17-,18+,19+,22+/m1/s1. The Morgan fingerprint density at radius 3 is 2.30 bits per heavy atom. The van der Waals surface area contributed by atoms with Crippen LogP contribution in [0.3, 0.4) is 0 Å². The van der Waals surface area contributed by atoms with Crippen molar-refractivity contribution in [1.82, 2.24) is 0 Å². The Kier molecular flexibility index (Phi) is 3.57. The summed E-state index contributed by atoms with van der Waals surface area (Å²) in [5.41, 5.74) is 1.43. The van der Waals surface area contributed by atoms with Crippen LogP contribution in [0.15, 0.2) is 72.3 Å². The number of hydrogen-bond acceptors (Lipinski definition) is 4. The maximum Gasteiger partial charge on any atom is 0.241 e. The fraction of sp³-hybridized carbons (Fsp3) is 0.273. The third-order valence-corrected chi connectivity index (χ3v) is 5.87. The topological polar surface area (TPSA) is 66.8 Å². The van der Waals surface area contributed by atoms with Gasteiger partial charge < -0.3 is 9.84 Å². The molecule has 0 aliphatic carbocycles. The Balaban J connectivity index is 1.58. The molecular formula is C22H19NO4. The van der Waals surface area contributed by atoms with E-state index in [-0.39, 0.29) is 18.4 Å². The number of rotatable bonds is 4. The van der Waals surface area contributed by atoms with Crippen LogP contribution in [0.2, 0.25) is 0 Å². The van der Waals surface area contributed by atoms with Crippen molar-refractivity contribution in [2.75, 3.05) is 11.5 Å². The number of carbonyl (C=O) groups excluding carboxylic acids is 2. The molecule has 2 aromatic rings. The summed E-state index contributed by atoms with van der Waals surface area (Å²) in [5.74, 6) is -1.60. The predicted molar refractivity (Wildman–Crippen MR) is 98.8 cm³/mol. The van der Waals surface area contributed by atoms with Gasteiger partial charge in [0.25, 0.3) is 0 Å². The maximum atomic E-state index is 13.3. The minimum Gasteiger partial charge on any atom is -0.392 e. The molecule has 0 radical (unpaired) electrons. The molecule has 5 nitrogen and oxygen atoms in total. The molecule has 2 bridgehead atoms. The first-order valence-electron chi connectivity index (χ1n) is 9.12. The molecule has 4 atom stereocenters. The summed E-state index contributed by atoms with van der Waals surface area (Å²) < 4.78 is 6.24. The summed E-state index contributed by atoms with van der Waals surface area (Å²) in [7, 11) is 0. The van der Waals surface area contributed by atoms with Gasteiger partial charge in [0, 0.05) is 6.42 Å². The molecule has 3 aliphatic heterocycles. The first kappa shape index (κ1) is 16.4. The van der Waals surface area contributed by atoms with Crippen molar-refractivity contribution in [1.29, 1.82) is 0 Å². The molecule has 0 saturated carbocycles. The second-order valence-corrected chi connectivity index (χ2v) is 7.38. The van der Waals surface area contributed by atoms with Crippen molar-refractivity contribution in [3.05, 3.63) is 77.9 Å². The summed E-state index contributed by atoms with van der Waals surface area (Å²) >= 11 is 0. The number of amides is 2. The first-order valence-corrected chi connectivity index (χ1v) is 9.12. The molecule has 2 saturated heterocycles. The Morgan fingerprint density at radius 1 is 0.963 bits per heavy atom. The predicted octanol–water partition coefficient (Wildman–Crippen LogP) is 2.10. The summed E-state index contributed by atoms with van der Waals surface area (Å²) in [4.78, 5) is 27.8. The van der Waals surface area contributed by atoms with E-state index in [1.54, 1.807) is 12.1 Å². The number of carbonyl (C=O) groups is 2. The zero-order chi connectivity index (χ0) is 18.6. The molecule has 0 spiro atoms. The number of ether oxygens (including phenoxy) is 1. The van der Waals surface area contributed by atoms with Crippen molar-refractivity contribution >= 4 is 17.5 Å².